The molecule has 3 aromatic rings. The van der Waals surface area contributed by atoms with E-state index in [0.717, 1.165) is 15.8 Å². The number of nitrogens with zero attached hydrogens (tertiary/aromatic N) is 1. The summed E-state index contributed by atoms with van der Waals surface area (Å²) in [6.07, 6.45) is 1.51. The molecule has 6 nitrogen and oxygen atoms in total. The second-order valence-electron chi connectivity index (χ2n) is 7.79. The number of hydrogen-bond acceptors (Lipinski definition) is 5. The number of ether oxygens (including phenoxy) is 3. The highest BCUT2D eigenvalue weighted by Crippen LogP contribution is 2.26. The van der Waals surface area contributed by atoms with E-state index in [1.807, 2.05) is 62.4 Å². The molecule has 0 saturated carbocycles. The van der Waals surface area contributed by atoms with Gasteiger partial charge in [0.15, 0.2) is 0 Å². The summed E-state index contributed by atoms with van der Waals surface area (Å²) in [5, 5.41) is 12.3. The molecule has 180 valence electrons. The van der Waals surface area contributed by atoms with Gasteiger partial charge in [-0.25, -0.2) is 0 Å². The number of aryl methyl sites for hydroxylation is 2. The van der Waals surface area contributed by atoms with Crippen molar-refractivity contribution in [2.24, 2.45) is 0 Å². The van der Waals surface area contributed by atoms with E-state index < -0.39 is 5.91 Å². The van der Waals surface area contributed by atoms with Crippen LogP contribution in [0.15, 0.2) is 76.8 Å². The second-order valence-corrected chi connectivity index (χ2v) is 8.71. The average Bonchev–Trinajstić information content (AvgIpc) is 2.85. The SMILES string of the molecule is Cc1ccc(NC(=O)/C(C#N)=C/c2cc(Br)ccc2OCCOCCOc2ccc(C)cc2)cc1. The average molecular weight is 535 g/mol. The molecule has 0 aliphatic heterocycles. The van der Waals surface area contributed by atoms with Crippen LogP contribution in [0.3, 0.4) is 0 Å². The van der Waals surface area contributed by atoms with Crippen LogP contribution in [0.5, 0.6) is 11.5 Å². The molecule has 35 heavy (non-hydrogen) atoms. The first-order valence-electron chi connectivity index (χ1n) is 11.1. The molecular weight excluding hydrogens is 508 g/mol. The largest absolute Gasteiger partial charge is 0.491 e. The third-order valence-electron chi connectivity index (χ3n) is 4.95. The summed E-state index contributed by atoms with van der Waals surface area (Å²) < 4.78 is 17.9. The van der Waals surface area contributed by atoms with Gasteiger partial charge in [-0.1, -0.05) is 51.3 Å². The van der Waals surface area contributed by atoms with Gasteiger partial charge >= 0.3 is 0 Å². The molecule has 0 unspecified atom stereocenters. The van der Waals surface area contributed by atoms with Gasteiger partial charge in [0, 0.05) is 15.7 Å². The Balaban J connectivity index is 1.52. The number of rotatable bonds is 11. The maximum absolute atomic E-state index is 12.6. The van der Waals surface area contributed by atoms with Gasteiger partial charge in [-0.05, 0) is 62.4 Å². The first-order chi connectivity index (χ1) is 16.9. The Hall–Kier alpha value is -3.60. The summed E-state index contributed by atoms with van der Waals surface area (Å²) >= 11 is 3.43. The van der Waals surface area contributed by atoms with Crippen molar-refractivity contribution in [1.82, 2.24) is 0 Å². The number of halogens is 1. The van der Waals surface area contributed by atoms with Gasteiger partial charge < -0.3 is 19.5 Å². The number of carbonyl (C=O) groups is 1. The fraction of sp³-hybridized carbons (Fsp3) is 0.214. The molecule has 7 heteroatoms. The van der Waals surface area contributed by atoms with Crippen molar-refractivity contribution in [2.45, 2.75) is 13.8 Å². The van der Waals surface area contributed by atoms with Gasteiger partial charge in [-0.3, -0.25) is 4.79 Å². The number of nitrogens with one attached hydrogen (secondary N) is 1. The zero-order valence-electron chi connectivity index (χ0n) is 19.7. The Morgan fingerprint density at radius 3 is 2.20 bits per heavy atom. The lowest BCUT2D eigenvalue weighted by Crippen LogP contribution is -2.14. The molecule has 0 spiro atoms. The van der Waals surface area contributed by atoms with Crippen molar-refractivity contribution < 1.29 is 19.0 Å². The smallest absolute Gasteiger partial charge is 0.266 e. The summed E-state index contributed by atoms with van der Waals surface area (Å²) in [7, 11) is 0. The van der Waals surface area contributed by atoms with E-state index in [1.54, 1.807) is 24.3 Å². The number of hydrogen-bond donors (Lipinski definition) is 1. The van der Waals surface area contributed by atoms with Crippen LogP contribution < -0.4 is 14.8 Å². The molecule has 0 bridgehead atoms. The van der Waals surface area contributed by atoms with E-state index in [-0.39, 0.29) is 5.57 Å². The molecule has 0 aliphatic carbocycles. The van der Waals surface area contributed by atoms with Gasteiger partial charge in [-0.2, -0.15) is 5.26 Å². The first-order valence-corrected chi connectivity index (χ1v) is 11.9. The molecule has 0 atom stereocenters. The summed E-state index contributed by atoms with van der Waals surface area (Å²) in [5.74, 6) is 0.865. The summed E-state index contributed by atoms with van der Waals surface area (Å²) in [6, 6.07) is 22.6. The highest BCUT2D eigenvalue weighted by molar-refractivity contribution is 9.10. The van der Waals surface area contributed by atoms with Crippen molar-refractivity contribution in [3.05, 3.63) is 93.5 Å². The van der Waals surface area contributed by atoms with Crippen molar-refractivity contribution in [2.75, 3.05) is 31.7 Å². The van der Waals surface area contributed by atoms with Crippen LogP contribution in [0.1, 0.15) is 16.7 Å². The quantitative estimate of drug-likeness (QED) is 0.183. The molecule has 3 aromatic carbocycles. The van der Waals surface area contributed by atoms with Crippen LogP contribution in [0.4, 0.5) is 5.69 Å². The maximum atomic E-state index is 12.6. The molecule has 0 aromatic heterocycles. The minimum absolute atomic E-state index is 0.0296. The van der Waals surface area contributed by atoms with E-state index in [4.69, 9.17) is 14.2 Å². The molecule has 1 N–H and O–H groups in total. The highest BCUT2D eigenvalue weighted by atomic mass is 79.9. The van der Waals surface area contributed by atoms with Gasteiger partial charge in [0.2, 0.25) is 0 Å². The standard InChI is InChI=1S/C28H27BrN2O4/c1-20-3-8-25(9-4-20)31-28(32)23(19-30)17-22-18-24(29)7-12-27(22)35-16-14-33-13-15-34-26-10-5-21(2)6-11-26/h3-12,17-18H,13-16H2,1-2H3,(H,31,32)/b23-17+. The lowest BCUT2D eigenvalue weighted by molar-refractivity contribution is -0.112. The van der Waals surface area contributed by atoms with Gasteiger partial charge in [-0.15, -0.1) is 0 Å². The molecule has 1 amide bonds. The molecule has 3 rings (SSSR count). The van der Waals surface area contributed by atoms with Crippen molar-refractivity contribution >= 4 is 33.6 Å². The van der Waals surface area contributed by atoms with E-state index in [0.29, 0.717) is 43.4 Å². The number of amides is 1. The van der Waals surface area contributed by atoms with Crippen LogP contribution in [0.2, 0.25) is 0 Å². The fourth-order valence-electron chi connectivity index (χ4n) is 3.07. The molecule has 0 aliphatic rings. The second kappa shape index (κ2) is 13.3. The normalized spacial score (nSPS) is 11.0. The van der Waals surface area contributed by atoms with E-state index in [1.165, 1.54) is 11.6 Å². The lowest BCUT2D eigenvalue weighted by atomic mass is 10.1. The molecule has 0 saturated heterocycles. The van der Waals surface area contributed by atoms with Crippen LogP contribution in [-0.4, -0.2) is 32.3 Å². The van der Waals surface area contributed by atoms with Crippen LogP contribution in [0, 0.1) is 25.2 Å². The van der Waals surface area contributed by atoms with Gasteiger partial charge in [0.05, 0.1) is 13.2 Å². The minimum Gasteiger partial charge on any atom is -0.491 e. The van der Waals surface area contributed by atoms with Crippen LogP contribution >= 0.6 is 15.9 Å². The van der Waals surface area contributed by atoms with E-state index >= 15 is 0 Å². The topological polar surface area (TPSA) is 80.6 Å². The monoisotopic (exact) mass is 534 g/mol. The zero-order valence-corrected chi connectivity index (χ0v) is 21.3. The number of carbonyl (C=O) groups excluding carboxylic acids is 1. The first kappa shape index (κ1) is 26.0. The van der Waals surface area contributed by atoms with Crippen LogP contribution in [0.25, 0.3) is 6.08 Å². The van der Waals surface area contributed by atoms with Crippen molar-refractivity contribution in [3.8, 4) is 17.6 Å². The van der Waals surface area contributed by atoms with E-state index in [2.05, 4.69) is 21.2 Å². The Morgan fingerprint density at radius 2 is 1.54 bits per heavy atom. The summed E-state index contributed by atoms with van der Waals surface area (Å²) in [6.45, 7) is 5.55. The third kappa shape index (κ3) is 8.60. The van der Waals surface area contributed by atoms with Gasteiger partial charge in [0.25, 0.3) is 5.91 Å². The predicted molar refractivity (Wildman–Crippen MR) is 141 cm³/mol. The lowest BCUT2D eigenvalue weighted by Gasteiger charge is -2.11. The highest BCUT2D eigenvalue weighted by Gasteiger charge is 2.12. The number of benzene rings is 3. The van der Waals surface area contributed by atoms with E-state index in [9.17, 15) is 10.1 Å². The zero-order chi connectivity index (χ0) is 25.0. The Morgan fingerprint density at radius 1 is 0.914 bits per heavy atom. The fourth-order valence-corrected chi connectivity index (χ4v) is 3.45. The molecule has 0 fully saturated rings. The summed E-state index contributed by atoms with van der Waals surface area (Å²) in [5.41, 5.74) is 3.46. The Kier molecular flexibility index (Phi) is 9.91. The number of nitriles is 1. The molecule has 0 radical (unpaired) electrons. The summed E-state index contributed by atoms with van der Waals surface area (Å²) in [4.78, 5) is 12.6. The Labute approximate surface area is 214 Å². The van der Waals surface area contributed by atoms with Crippen LogP contribution in [-0.2, 0) is 9.53 Å². The maximum Gasteiger partial charge on any atom is 0.266 e. The predicted octanol–water partition coefficient (Wildman–Crippen LogP) is 6.09. The number of anilines is 1. The van der Waals surface area contributed by atoms with Crippen molar-refractivity contribution in [1.29, 1.82) is 5.26 Å². The third-order valence-corrected chi connectivity index (χ3v) is 5.44. The Bertz CT molecular complexity index is 1200. The van der Waals surface area contributed by atoms with Crippen molar-refractivity contribution in [3.63, 3.8) is 0 Å². The minimum atomic E-state index is -0.487. The molecular formula is C28H27BrN2O4. The van der Waals surface area contributed by atoms with Gasteiger partial charge in [0.1, 0.15) is 36.4 Å². The molecule has 0 heterocycles.